The molecule has 2 rings (SSSR count). The Morgan fingerprint density at radius 3 is 2.50 bits per heavy atom. The number of amides is 2. The lowest BCUT2D eigenvalue weighted by molar-refractivity contribution is -0.135. The Morgan fingerprint density at radius 2 is 1.94 bits per heavy atom. The summed E-state index contributed by atoms with van der Waals surface area (Å²) in [7, 11) is 0. The van der Waals surface area contributed by atoms with Crippen molar-refractivity contribution in [2.24, 2.45) is 11.1 Å². The van der Waals surface area contributed by atoms with Crippen molar-refractivity contribution in [2.45, 2.75) is 19.3 Å². The third-order valence-corrected chi connectivity index (χ3v) is 3.71. The van der Waals surface area contributed by atoms with E-state index in [1.807, 2.05) is 0 Å². The number of nitrogens with one attached hydrogen (secondary N) is 1. The highest BCUT2D eigenvalue weighted by atomic mass is 16.5. The van der Waals surface area contributed by atoms with Crippen LogP contribution in [0.15, 0.2) is 0 Å². The number of carbonyl (C=O) groups is 2. The number of carbonyl (C=O) groups excluding carboxylic acids is 2. The summed E-state index contributed by atoms with van der Waals surface area (Å²) in [6, 6.07) is 0. The Labute approximate surface area is 107 Å². The molecule has 0 aromatic carbocycles. The summed E-state index contributed by atoms with van der Waals surface area (Å²) in [6.07, 6.45) is 2.09. The summed E-state index contributed by atoms with van der Waals surface area (Å²) in [6.45, 7) is 3.31. The van der Waals surface area contributed by atoms with Crippen LogP contribution in [0.5, 0.6) is 0 Å². The Kier molecular flexibility index (Phi) is 4.19. The zero-order chi connectivity index (χ0) is 13.0. The molecule has 0 unspecified atom stereocenters. The standard InChI is InChI=1S/C12H21N3O3/c13-9-12(2-3-12)11(17)14-4-1-10(16)15-5-7-18-8-6-15/h1-9,13H2,(H,14,17). The van der Waals surface area contributed by atoms with Gasteiger partial charge in [0.05, 0.1) is 18.6 Å². The molecule has 6 nitrogen and oxygen atoms in total. The Hall–Kier alpha value is -1.14. The minimum atomic E-state index is -0.331. The molecule has 1 aliphatic carbocycles. The Balaban J connectivity index is 1.65. The van der Waals surface area contributed by atoms with Crippen molar-refractivity contribution < 1.29 is 14.3 Å². The van der Waals surface area contributed by atoms with Gasteiger partial charge in [-0.3, -0.25) is 9.59 Å². The second-order valence-corrected chi connectivity index (χ2v) is 4.98. The van der Waals surface area contributed by atoms with E-state index in [0.29, 0.717) is 45.8 Å². The van der Waals surface area contributed by atoms with Crippen molar-refractivity contribution in [1.29, 1.82) is 0 Å². The van der Waals surface area contributed by atoms with Gasteiger partial charge in [-0.15, -0.1) is 0 Å². The predicted molar refractivity (Wildman–Crippen MR) is 65.7 cm³/mol. The van der Waals surface area contributed by atoms with Crippen molar-refractivity contribution in [3.05, 3.63) is 0 Å². The molecular formula is C12H21N3O3. The summed E-state index contributed by atoms with van der Waals surface area (Å²) in [5.41, 5.74) is 5.24. The molecule has 0 atom stereocenters. The molecular weight excluding hydrogens is 234 g/mol. The van der Waals surface area contributed by atoms with Gasteiger partial charge in [0.25, 0.3) is 0 Å². The topological polar surface area (TPSA) is 84.7 Å². The van der Waals surface area contributed by atoms with Crippen LogP contribution in [0.4, 0.5) is 0 Å². The summed E-state index contributed by atoms with van der Waals surface area (Å²) in [4.78, 5) is 25.4. The fraction of sp³-hybridized carbons (Fsp3) is 0.833. The van der Waals surface area contributed by atoms with E-state index in [0.717, 1.165) is 12.8 Å². The number of nitrogens with zero attached hydrogens (tertiary/aromatic N) is 1. The molecule has 102 valence electrons. The van der Waals surface area contributed by atoms with Crippen molar-refractivity contribution in [2.75, 3.05) is 39.4 Å². The number of ether oxygens (including phenoxy) is 1. The van der Waals surface area contributed by atoms with E-state index in [-0.39, 0.29) is 17.2 Å². The van der Waals surface area contributed by atoms with Crippen LogP contribution in [0.3, 0.4) is 0 Å². The van der Waals surface area contributed by atoms with Crippen LogP contribution in [0, 0.1) is 5.41 Å². The quantitative estimate of drug-likeness (QED) is 0.666. The van der Waals surface area contributed by atoms with Gasteiger partial charge in [0.15, 0.2) is 0 Å². The van der Waals surface area contributed by atoms with Crippen LogP contribution in [-0.2, 0) is 14.3 Å². The van der Waals surface area contributed by atoms with Crippen molar-refractivity contribution >= 4 is 11.8 Å². The van der Waals surface area contributed by atoms with Crippen LogP contribution in [-0.4, -0.2) is 56.1 Å². The monoisotopic (exact) mass is 255 g/mol. The lowest BCUT2D eigenvalue weighted by Crippen LogP contribution is -2.43. The summed E-state index contributed by atoms with van der Waals surface area (Å²) in [5, 5.41) is 2.81. The van der Waals surface area contributed by atoms with Crippen LogP contribution in [0.25, 0.3) is 0 Å². The summed E-state index contributed by atoms with van der Waals surface area (Å²) in [5.74, 6) is 0.0796. The van der Waals surface area contributed by atoms with Crippen LogP contribution in [0.2, 0.25) is 0 Å². The first-order valence-electron chi connectivity index (χ1n) is 6.52. The van der Waals surface area contributed by atoms with Gasteiger partial charge >= 0.3 is 0 Å². The third-order valence-electron chi connectivity index (χ3n) is 3.71. The first-order valence-corrected chi connectivity index (χ1v) is 6.52. The fourth-order valence-corrected chi connectivity index (χ4v) is 2.12. The summed E-state index contributed by atoms with van der Waals surface area (Å²) < 4.78 is 5.18. The molecule has 2 amide bonds. The van der Waals surface area contributed by atoms with E-state index in [1.165, 1.54) is 0 Å². The molecule has 1 saturated carbocycles. The normalized spacial score (nSPS) is 21.5. The van der Waals surface area contributed by atoms with Gasteiger partial charge in [-0.05, 0) is 12.8 Å². The van der Waals surface area contributed by atoms with Crippen LogP contribution < -0.4 is 11.1 Å². The van der Waals surface area contributed by atoms with Gasteiger partial charge in [0, 0.05) is 32.6 Å². The van der Waals surface area contributed by atoms with E-state index < -0.39 is 0 Å². The maximum Gasteiger partial charge on any atom is 0.227 e. The second-order valence-electron chi connectivity index (χ2n) is 4.98. The highest BCUT2D eigenvalue weighted by Crippen LogP contribution is 2.44. The maximum atomic E-state index is 11.8. The van der Waals surface area contributed by atoms with Gasteiger partial charge in [0.2, 0.25) is 11.8 Å². The molecule has 0 aromatic rings. The lowest BCUT2D eigenvalue weighted by Gasteiger charge is -2.27. The Bertz CT molecular complexity index is 323. The Morgan fingerprint density at radius 1 is 1.28 bits per heavy atom. The molecule has 3 N–H and O–H groups in total. The number of rotatable bonds is 5. The van der Waals surface area contributed by atoms with E-state index in [2.05, 4.69) is 5.32 Å². The average molecular weight is 255 g/mol. The van der Waals surface area contributed by atoms with Gasteiger partial charge < -0.3 is 20.7 Å². The fourth-order valence-electron chi connectivity index (χ4n) is 2.12. The van der Waals surface area contributed by atoms with Gasteiger partial charge in [-0.1, -0.05) is 0 Å². The number of hydrogen-bond acceptors (Lipinski definition) is 4. The molecule has 0 bridgehead atoms. The third kappa shape index (κ3) is 3.00. The van der Waals surface area contributed by atoms with Crippen LogP contribution >= 0.6 is 0 Å². The van der Waals surface area contributed by atoms with Gasteiger partial charge in [-0.2, -0.15) is 0 Å². The second kappa shape index (κ2) is 5.67. The van der Waals surface area contributed by atoms with E-state index >= 15 is 0 Å². The SMILES string of the molecule is NCC1(C(=O)NCCC(=O)N2CCOCC2)CC1. The molecule has 0 radical (unpaired) electrons. The minimum absolute atomic E-state index is 0.000206. The lowest BCUT2D eigenvalue weighted by atomic mass is 10.1. The largest absolute Gasteiger partial charge is 0.378 e. The highest BCUT2D eigenvalue weighted by Gasteiger charge is 2.48. The zero-order valence-corrected chi connectivity index (χ0v) is 10.6. The number of nitrogens with two attached hydrogens (primary N) is 1. The van der Waals surface area contributed by atoms with Gasteiger partial charge in [0.1, 0.15) is 0 Å². The average Bonchev–Trinajstić information content (AvgIpc) is 3.20. The minimum Gasteiger partial charge on any atom is -0.378 e. The predicted octanol–water partition coefficient (Wildman–Crippen LogP) is -0.910. The molecule has 6 heteroatoms. The number of hydrogen-bond donors (Lipinski definition) is 2. The van der Waals surface area contributed by atoms with Crippen molar-refractivity contribution in [1.82, 2.24) is 10.2 Å². The van der Waals surface area contributed by atoms with E-state index in [1.54, 1.807) is 4.90 Å². The highest BCUT2D eigenvalue weighted by molar-refractivity contribution is 5.86. The first kappa shape index (κ1) is 13.3. The molecule has 0 aromatic heterocycles. The van der Waals surface area contributed by atoms with Crippen LogP contribution in [0.1, 0.15) is 19.3 Å². The zero-order valence-electron chi connectivity index (χ0n) is 10.6. The summed E-state index contributed by atoms with van der Waals surface area (Å²) >= 11 is 0. The first-order chi connectivity index (χ1) is 8.68. The maximum absolute atomic E-state index is 11.8. The molecule has 0 spiro atoms. The molecule has 2 aliphatic rings. The van der Waals surface area contributed by atoms with Gasteiger partial charge in [-0.25, -0.2) is 0 Å². The molecule has 18 heavy (non-hydrogen) atoms. The molecule has 1 aliphatic heterocycles. The van der Waals surface area contributed by atoms with E-state index in [9.17, 15) is 9.59 Å². The number of morpholine rings is 1. The van der Waals surface area contributed by atoms with E-state index in [4.69, 9.17) is 10.5 Å². The van der Waals surface area contributed by atoms with Crippen molar-refractivity contribution in [3.8, 4) is 0 Å². The smallest absolute Gasteiger partial charge is 0.227 e. The molecule has 2 fully saturated rings. The molecule has 1 heterocycles. The molecule has 1 saturated heterocycles. The van der Waals surface area contributed by atoms with Crippen molar-refractivity contribution in [3.63, 3.8) is 0 Å².